The zero-order valence-electron chi connectivity index (χ0n) is 18.9. The minimum Gasteiger partial charge on any atom is -0.495 e. The van der Waals surface area contributed by atoms with Crippen LogP contribution in [0.3, 0.4) is 0 Å². The van der Waals surface area contributed by atoms with Crippen molar-refractivity contribution in [2.45, 2.75) is 31.7 Å². The average molecular weight is 471 g/mol. The standard InChI is InChI=1S/C26H23ClN6O/c1-18-15-32(17-29-18)22-10-4-19(14-23(22)34-2)5-11-24-30-25-26(16-28,12-3-13-33(25)31-24)20-6-8-21(27)9-7-20/h4-11,14-15,17H,3,12-13H2,1-2H3/b11-5+/t26-/m1/s1. The maximum atomic E-state index is 10.2. The van der Waals surface area contributed by atoms with Crippen LogP contribution in [0.15, 0.2) is 55.0 Å². The van der Waals surface area contributed by atoms with Crippen molar-refractivity contribution in [2.24, 2.45) is 0 Å². The largest absolute Gasteiger partial charge is 0.495 e. The van der Waals surface area contributed by atoms with Crippen LogP contribution < -0.4 is 4.74 Å². The van der Waals surface area contributed by atoms with Crippen LogP contribution in [0.5, 0.6) is 5.75 Å². The first-order valence-electron chi connectivity index (χ1n) is 11.0. The van der Waals surface area contributed by atoms with Gasteiger partial charge in [-0.25, -0.2) is 14.6 Å². The first-order chi connectivity index (χ1) is 16.5. The topological polar surface area (TPSA) is 81.5 Å². The number of benzene rings is 2. The molecule has 0 unspecified atom stereocenters. The number of rotatable bonds is 5. The molecule has 5 rings (SSSR count). The van der Waals surface area contributed by atoms with Crippen LogP contribution in [0.4, 0.5) is 0 Å². The Balaban J connectivity index is 1.46. The average Bonchev–Trinajstić information content (AvgIpc) is 3.49. The van der Waals surface area contributed by atoms with E-state index in [0.717, 1.165) is 41.2 Å². The van der Waals surface area contributed by atoms with Gasteiger partial charge < -0.3 is 9.30 Å². The van der Waals surface area contributed by atoms with Crippen molar-refractivity contribution in [1.82, 2.24) is 24.3 Å². The fraction of sp³-hybridized carbons (Fsp3) is 0.231. The van der Waals surface area contributed by atoms with Gasteiger partial charge in [0.25, 0.3) is 0 Å². The Morgan fingerprint density at radius 3 is 2.71 bits per heavy atom. The smallest absolute Gasteiger partial charge is 0.174 e. The summed E-state index contributed by atoms with van der Waals surface area (Å²) in [5.41, 5.74) is 2.86. The van der Waals surface area contributed by atoms with Gasteiger partial charge in [0.05, 0.1) is 30.9 Å². The van der Waals surface area contributed by atoms with Crippen LogP contribution >= 0.6 is 11.6 Å². The van der Waals surface area contributed by atoms with Crippen molar-refractivity contribution in [3.63, 3.8) is 0 Å². The highest BCUT2D eigenvalue weighted by molar-refractivity contribution is 6.30. The van der Waals surface area contributed by atoms with Crippen LogP contribution in [0, 0.1) is 18.3 Å². The summed E-state index contributed by atoms with van der Waals surface area (Å²) in [6.45, 7) is 2.69. The van der Waals surface area contributed by atoms with Gasteiger partial charge in [-0.3, -0.25) is 0 Å². The summed E-state index contributed by atoms with van der Waals surface area (Å²) in [4.78, 5) is 9.05. The Labute approximate surface area is 202 Å². The number of methoxy groups -OCH3 is 1. The molecule has 2 aromatic carbocycles. The summed E-state index contributed by atoms with van der Waals surface area (Å²) < 4.78 is 9.39. The van der Waals surface area contributed by atoms with Crippen LogP contribution in [-0.4, -0.2) is 31.4 Å². The van der Waals surface area contributed by atoms with E-state index in [-0.39, 0.29) is 0 Å². The van der Waals surface area contributed by atoms with Gasteiger partial charge in [0.1, 0.15) is 11.2 Å². The molecule has 3 heterocycles. The second-order valence-electron chi connectivity index (χ2n) is 8.33. The third-order valence-electron chi connectivity index (χ3n) is 6.14. The van der Waals surface area contributed by atoms with Crippen molar-refractivity contribution in [3.05, 3.63) is 88.5 Å². The summed E-state index contributed by atoms with van der Waals surface area (Å²) in [7, 11) is 1.65. The van der Waals surface area contributed by atoms with Gasteiger partial charge in [-0.15, -0.1) is 0 Å². The van der Waals surface area contributed by atoms with Crippen molar-refractivity contribution in [2.75, 3.05) is 7.11 Å². The molecule has 0 fully saturated rings. The number of nitrogens with zero attached hydrogens (tertiary/aromatic N) is 6. The number of hydrogen-bond acceptors (Lipinski definition) is 5. The normalized spacial score (nSPS) is 17.5. The van der Waals surface area contributed by atoms with Crippen molar-refractivity contribution < 1.29 is 4.74 Å². The zero-order valence-corrected chi connectivity index (χ0v) is 19.7. The molecule has 0 spiro atoms. The summed E-state index contributed by atoms with van der Waals surface area (Å²) >= 11 is 6.07. The first-order valence-corrected chi connectivity index (χ1v) is 11.4. The molecule has 0 amide bonds. The third-order valence-corrected chi connectivity index (χ3v) is 6.39. The van der Waals surface area contributed by atoms with E-state index in [1.807, 2.05) is 77.0 Å². The molecule has 4 aromatic rings. The van der Waals surface area contributed by atoms with Crippen molar-refractivity contribution >= 4 is 23.8 Å². The molecule has 7 nitrogen and oxygen atoms in total. The van der Waals surface area contributed by atoms with E-state index < -0.39 is 5.41 Å². The number of nitriles is 1. The first kappa shape index (κ1) is 21.9. The fourth-order valence-electron chi connectivity index (χ4n) is 4.42. The number of ether oxygens (including phenoxy) is 1. The number of halogens is 1. The molecular formula is C26H23ClN6O. The molecule has 0 N–H and O–H groups in total. The molecule has 0 aliphatic carbocycles. The van der Waals surface area contributed by atoms with Crippen molar-refractivity contribution in [3.8, 4) is 17.5 Å². The Morgan fingerprint density at radius 2 is 2.00 bits per heavy atom. The lowest BCUT2D eigenvalue weighted by Crippen LogP contribution is -2.34. The van der Waals surface area contributed by atoms with Crippen LogP contribution in [-0.2, 0) is 12.0 Å². The summed E-state index contributed by atoms with van der Waals surface area (Å²) in [5, 5.41) is 15.5. The van der Waals surface area contributed by atoms with Crippen LogP contribution in [0.1, 0.15) is 41.3 Å². The zero-order chi connectivity index (χ0) is 23.7. The summed E-state index contributed by atoms with van der Waals surface area (Å²) in [5.74, 6) is 1.98. The van der Waals surface area contributed by atoms with Gasteiger partial charge in [-0.05, 0) is 61.2 Å². The van der Waals surface area contributed by atoms with E-state index in [1.54, 1.807) is 13.4 Å². The third kappa shape index (κ3) is 3.87. The second kappa shape index (κ2) is 8.81. The molecule has 8 heteroatoms. The van der Waals surface area contributed by atoms with E-state index in [4.69, 9.17) is 21.3 Å². The lowest BCUT2D eigenvalue weighted by atomic mass is 9.75. The minimum atomic E-state index is -0.838. The number of imidazole rings is 1. The van der Waals surface area contributed by atoms with Gasteiger partial charge in [-0.1, -0.05) is 35.9 Å². The molecule has 1 atom stereocenters. The Bertz CT molecular complexity index is 1410. The highest BCUT2D eigenvalue weighted by Crippen LogP contribution is 2.39. The molecule has 1 aliphatic rings. The number of hydrogen-bond donors (Lipinski definition) is 0. The van der Waals surface area contributed by atoms with E-state index in [1.165, 1.54) is 0 Å². The SMILES string of the molecule is COc1cc(/C=C/c2nc3n(n2)CCC[C@@]3(C#N)c2ccc(Cl)cc2)ccc1-n1cnc(C)c1. The van der Waals surface area contributed by atoms with Crippen LogP contribution in [0.2, 0.25) is 5.02 Å². The molecule has 170 valence electrons. The van der Waals surface area contributed by atoms with Gasteiger partial charge in [0.2, 0.25) is 0 Å². The predicted molar refractivity (Wildman–Crippen MR) is 131 cm³/mol. The lowest BCUT2D eigenvalue weighted by Gasteiger charge is -2.30. The number of aromatic nitrogens is 5. The minimum absolute atomic E-state index is 0.568. The fourth-order valence-corrected chi connectivity index (χ4v) is 4.55. The van der Waals surface area contributed by atoms with E-state index in [2.05, 4.69) is 16.2 Å². The molecule has 0 saturated heterocycles. The van der Waals surface area contributed by atoms with Crippen LogP contribution in [0.25, 0.3) is 17.8 Å². The van der Waals surface area contributed by atoms with Gasteiger partial charge in [0, 0.05) is 17.8 Å². The lowest BCUT2D eigenvalue weighted by molar-refractivity contribution is 0.393. The summed E-state index contributed by atoms with van der Waals surface area (Å²) in [6, 6.07) is 15.9. The molecule has 0 saturated carbocycles. The quantitative estimate of drug-likeness (QED) is 0.400. The maximum Gasteiger partial charge on any atom is 0.174 e. The van der Waals surface area contributed by atoms with Gasteiger partial charge >= 0.3 is 0 Å². The van der Waals surface area contributed by atoms with E-state index in [0.29, 0.717) is 23.1 Å². The molecule has 2 aromatic heterocycles. The molecule has 0 bridgehead atoms. The van der Waals surface area contributed by atoms with Gasteiger partial charge in [-0.2, -0.15) is 10.4 Å². The van der Waals surface area contributed by atoms with E-state index in [9.17, 15) is 5.26 Å². The highest BCUT2D eigenvalue weighted by Gasteiger charge is 2.42. The molecule has 0 radical (unpaired) electrons. The van der Waals surface area contributed by atoms with Crippen molar-refractivity contribution in [1.29, 1.82) is 5.26 Å². The summed E-state index contributed by atoms with van der Waals surface area (Å²) in [6.07, 6.45) is 9.08. The monoisotopic (exact) mass is 470 g/mol. The van der Waals surface area contributed by atoms with Gasteiger partial charge in [0.15, 0.2) is 11.6 Å². The number of fused-ring (bicyclic) bond motifs is 1. The second-order valence-corrected chi connectivity index (χ2v) is 8.77. The molecule has 1 aliphatic heterocycles. The number of aryl methyl sites for hydroxylation is 2. The molecular weight excluding hydrogens is 448 g/mol. The highest BCUT2D eigenvalue weighted by atomic mass is 35.5. The Kier molecular flexibility index (Phi) is 5.68. The van der Waals surface area contributed by atoms with E-state index >= 15 is 0 Å². The Morgan fingerprint density at radius 1 is 1.18 bits per heavy atom. The molecule has 34 heavy (non-hydrogen) atoms. The Hall–Kier alpha value is -3.89. The maximum absolute atomic E-state index is 10.2. The predicted octanol–water partition coefficient (Wildman–Crippen LogP) is 5.21.